The Morgan fingerprint density at radius 3 is 2.62 bits per heavy atom. The fourth-order valence-electron chi connectivity index (χ4n) is 5.05. The summed E-state index contributed by atoms with van der Waals surface area (Å²) in [5.74, 6) is 1.16. The van der Waals surface area contributed by atoms with Gasteiger partial charge in [0.05, 0.1) is 12.5 Å². The lowest BCUT2D eigenvalue weighted by Gasteiger charge is -2.41. The molecular weight excluding hydrogens is 430 g/mol. The van der Waals surface area contributed by atoms with Crippen molar-refractivity contribution in [1.29, 1.82) is 0 Å². The van der Waals surface area contributed by atoms with E-state index in [1.54, 1.807) is 7.11 Å². The Bertz CT molecular complexity index is 790. The van der Waals surface area contributed by atoms with Crippen LogP contribution in [-0.2, 0) is 20.9 Å². The van der Waals surface area contributed by atoms with Crippen LogP contribution >= 0.6 is 0 Å². The van der Waals surface area contributed by atoms with Gasteiger partial charge >= 0.3 is 0 Å². The van der Waals surface area contributed by atoms with E-state index < -0.39 is 11.5 Å². The van der Waals surface area contributed by atoms with E-state index in [2.05, 4.69) is 41.5 Å². The summed E-state index contributed by atoms with van der Waals surface area (Å²) < 4.78 is 11.1. The molecule has 0 aliphatic carbocycles. The van der Waals surface area contributed by atoms with Crippen LogP contribution in [0.15, 0.2) is 24.3 Å². The smallest absolute Gasteiger partial charge is 0.242 e. The molecule has 0 aromatic heterocycles. The van der Waals surface area contributed by atoms with Gasteiger partial charge in [-0.1, -0.05) is 32.4 Å². The molecule has 190 valence electrons. The number of benzene rings is 1. The quantitative estimate of drug-likeness (QED) is 0.684. The number of hydrogen-bond donors (Lipinski definition) is 2. The molecule has 2 aliphatic heterocycles. The molecule has 1 aromatic rings. The number of amides is 2. The number of nitrogens with zero attached hydrogens (tertiary/aromatic N) is 1. The first-order chi connectivity index (χ1) is 16.4. The summed E-state index contributed by atoms with van der Waals surface area (Å²) in [6.45, 7) is 8.70. The van der Waals surface area contributed by atoms with E-state index in [-0.39, 0.29) is 11.8 Å². The Labute approximate surface area is 204 Å². The van der Waals surface area contributed by atoms with Gasteiger partial charge < -0.3 is 20.1 Å². The van der Waals surface area contributed by atoms with Crippen molar-refractivity contribution in [3.8, 4) is 5.75 Å². The van der Waals surface area contributed by atoms with Crippen LogP contribution in [0.2, 0.25) is 0 Å². The van der Waals surface area contributed by atoms with Crippen molar-refractivity contribution in [3.63, 3.8) is 0 Å². The number of hydrogen-bond acceptors (Lipinski definition) is 5. The van der Waals surface area contributed by atoms with E-state index in [1.165, 1.54) is 5.56 Å². The molecule has 2 saturated heterocycles. The number of methoxy groups -OCH3 is 1. The largest absolute Gasteiger partial charge is 0.497 e. The zero-order valence-electron chi connectivity index (χ0n) is 21.2. The number of nitrogens with one attached hydrogen (secondary N) is 2. The Kier molecular flexibility index (Phi) is 10.2. The maximum Gasteiger partial charge on any atom is 0.242 e. The summed E-state index contributed by atoms with van der Waals surface area (Å²) in [5, 5.41) is 6.17. The molecular formula is C27H43N3O4. The molecule has 0 bridgehead atoms. The minimum atomic E-state index is -0.483. The average molecular weight is 474 g/mol. The van der Waals surface area contributed by atoms with E-state index >= 15 is 0 Å². The number of likely N-dealkylation sites (tertiary alicyclic amines) is 1. The van der Waals surface area contributed by atoms with E-state index in [1.807, 2.05) is 12.1 Å². The molecule has 7 nitrogen and oxygen atoms in total. The maximum absolute atomic E-state index is 13.7. The van der Waals surface area contributed by atoms with Gasteiger partial charge in [-0.15, -0.1) is 0 Å². The zero-order valence-corrected chi connectivity index (χ0v) is 21.2. The highest BCUT2D eigenvalue weighted by atomic mass is 16.5. The molecule has 34 heavy (non-hydrogen) atoms. The van der Waals surface area contributed by atoms with Gasteiger partial charge in [-0.3, -0.25) is 14.5 Å². The first-order valence-electron chi connectivity index (χ1n) is 12.9. The standard InChI is InChI=1S/C27H43N3O4/c1-21(2)18-24-25(31)28-13-7-17-34-16-5-4-10-27(26(32)29-24)11-14-30(15-12-27)20-22-8-6-9-23(19-22)33-3/h6,8-9,19,21,24H,4-5,7,10-18,20H2,1-3H3,(H,28,31)(H,29,32)/t24-/m0/s1. The number of ether oxygens (including phenoxy) is 2. The highest BCUT2D eigenvalue weighted by molar-refractivity contribution is 5.90. The molecule has 2 heterocycles. The summed E-state index contributed by atoms with van der Waals surface area (Å²) in [4.78, 5) is 29.0. The van der Waals surface area contributed by atoms with Crippen molar-refractivity contribution >= 4 is 11.8 Å². The van der Waals surface area contributed by atoms with Crippen LogP contribution in [0.4, 0.5) is 0 Å². The number of piperidine rings is 1. The summed E-state index contributed by atoms with van der Waals surface area (Å²) >= 11 is 0. The second-order valence-corrected chi connectivity index (χ2v) is 10.3. The topological polar surface area (TPSA) is 79.9 Å². The lowest BCUT2D eigenvalue weighted by atomic mass is 9.73. The Balaban J connectivity index is 1.69. The zero-order chi connectivity index (χ0) is 24.4. The molecule has 2 fully saturated rings. The van der Waals surface area contributed by atoms with Gasteiger partial charge in [0.1, 0.15) is 11.8 Å². The summed E-state index contributed by atoms with van der Waals surface area (Å²) in [6.07, 6.45) is 5.81. The van der Waals surface area contributed by atoms with Gasteiger partial charge in [-0.2, -0.15) is 0 Å². The van der Waals surface area contributed by atoms with Crippen LogP contribution in [0.5, 0.6) is 5.75 Å². The summed E-state index contributed by atoms with van der Waals surface area (Å²) in [7, 11) is 1.69. The van der Waals surface area contributed by atoms with E-state index in [4.69, 9.17) is 9.47 Å². The van der Waals surface area contributed by atoms with Gasteiger partial charge in [0.2, 0.25) is 11.8 Å². The van der Waals surface area contributed by atoms with Crippen molar-refractivity contribution < 1.29 is 19.1 Å². The molecule has 2 N–H and O–H groups in total. The third-order valence-corrected chi connectivity index (χ3v) is 7.12. The second-order valence-electron chi connectivity index (χ2n) is 10.3. The predicted octanol–water partition coefficient (Wildman–Crippen LogP) is 3.52. The molecule has 3 rings (SSSR count). The average Bonchev–Trinajstić information content (AvgIpc) is 2.82. The molecule has 0 saturated carbocycles. The molecule has 0 radical (unpaired) electrons. The number of carbonyl (C=O) groups excluding carboxylic acids is 2. The number of carbonyl (C=O) groups is 2. The molecule has 1 atom stereocenters. The van der Waals surface area contributed by atoms with Crippen LogP contribution in [-0.4, -0.2) is 62.7 Å². The highest BCUT2D eigenvalue weighted by Crippen LogP contribution is 2.38. The minimum absolute atomic E-state index is 0.0484. The van der Waals surface area contributed by atoms with Crippen LogP contribution in [0.25, 0.3) is 0 Å². The van der Waals surface area contributed by atoms with Crippen LogP contribution in [0.3, 0.4) is 0 Å². The lowest BCUT2D eigenvalue weighted by molar-refractivity contribution is -0.138. The molecule has 0 unspecified atom stereocenters. The van der Waals surface area contributed by atoms with E-state index in [0.717, 1.165) is 63.9 Å². The molecule has 2 amide bonds. The lowest BCUT2D eigenvalue weighted by Crippen LogP contribution is -2.55. The van der Waals surface area contributed by atoms with Crippen LogP contribution in [0, 0.1) is 11.3 Å². The van der Waals surface area contributed by atoms with Crippen LogP contribution < -0.4 is 15.4 Å². The monoisotopic (exact) mass is 473 g/mol. The minimum Gasteiger partial charge on any atom is -0.497 e. The summed E-state index contributed by atoms with van der Waals surface area (Å²) in [6, 6.07) is 7.70. The highest BCUT2D eigenvalue weighted by Gasteiger charge is 2.42. The summed E-state index contributed by atoms with van der Waals surface area (Å²) in [5.41, 5.74) is 0.793. The Morgan fingerprint density at radius 1 is 1.12 bits per heavy atom. The first kappa shape index (κ1) is 26.5. The fourth-order valence-corrected chi connectivity index (χ4v) is 5.05. The normalized spacial score (nSPS) is 23.2. The van der Waals surface area contributed by atoms with Crippen molar-refractivity contribution in [2.75, 3.05) is 40.0 Å². The molecule has 7 heteroatoms. The SMILES string of the molecule is COc1cccc(CN2CCC3(CCCCOCCCNC(=O)[C@H](CC(C)C)NC3=O)CC2)c1. The predicted molar refractivity (Wildman–Crippen MR) is 134 cm³/mol. The van der Waals surface area contributed by atoms with Gasteiger partial charge in [-0.05, 0) is 75.2 Å². The van der Waals surface area contributed by atoms with Gasteiger partial charge in [0, 0.05) is 26.3 Å². The fraction of sp³-hybridized carbons (Fsp3) is 0.704. The third-order valence-electron chi connectivity index (χ3n) is 7.12. The molecule has 1 spiro atoms. The van der Waals surface area contributed by atoms with Crippen molar-refractivity contribution in [2.45, 2.75) is 71.4 Å². The van der Waals surface area contributed by atoms with Crippen LogP contribution in [0.1, 0.15) is 64.4 Å². The van der Waals surface area contributed by atoms with Crippen molar-refractivity contribution in [2.24, 2.45) is 11.3 Å². The van der Waals surface area contributed by atoms with E-state index in [0.29, 0.717) is 32.1 Å². The molecule has 2 aliphatic rings. The van der Waals surface area contributed by atoms with Gasteiger partial charge in [-0.25, -0.2) is 0 Å². The second kappa shape index (κ2) is 13.1. The van der Waals surface area contributed by atoms with Gasteiger partial charge in [0.25, 0.3) is 0 Å². The van der Waals surface area contributed by atoms with Gasteiger partial charge in [0.15, 0.2) is 0 Å². The Hall–Kier alpha value is -2.12. The molecule has 1 aromatic carbocycles. The van der Waals surface area contributed by atoms with E-state index in [9.17, 15) is 9.59 Å². The van der Waals surface area contributed by atoms with Crippen molar-refractivity contribution in [1.82, 2.24) is 15.5 Å². The third kappa shape index (κ3) is 7.70. The Morgan fingerprint density at radius 2 is 1.88 bits per heavy atom. The maximum atomic E-state index is 13.7. The first-order valence-corrected chi connectivity index (χ1v) is 12.9. The number of rotatable bonds is 5. The van der Waals surface area contributed by atoms with Crippen molar-refractivity contribution in [3.05, 3.63) is 29.8 Å².